The normalized spacial score (nSPS) is 18.1. The van der Waals surface area contributed by atoms with Crippen molar-refractivity contribution >= 4 is 23.6 Å². The molecular formula is C17H23N5O4S. The predicted molar refractivity (Wildman–Crippen MR) is 99.0 cm³/mol. The van der Waals surface area contributed by atoms with E-state index in [-0.39, 0.29) is 5.91 Å². The Balaban J connectivity index is 1.48. The van der Waals surface area contributed by atoms with Crippen molar-refractivity contribution in [2.24, 2.45) is 0 Å². The van der Waals surface area contributed by atoms with E-state index in [1.807, 2.05) is 21.6 Å². The Labute approximate surface area is 161 Å². The van der Waals surface area contributed by atoms with Crippen molar-refractivity contribution < 1.29 is 18.7 Å². The van der Waals surface area contributed by atoms with Crippen LogP contribution in [0.15, 0.2) is 28.0 Å². The van der Waals surface area contributed by atoms with Crippen LogP contribution in [0.1, 0.15) is 5.76 Å². The summed E-state index contributed by atoms with van der Waals surface area (Å²) in [7, 11) is 0. The maximum atomic E-state index is 12.5. The number of thioether (sulfide) groups is 1. The number of anilines is 1. The van der Waals surface area contributed by atoms with E-state index in [2.05, 4.69) is 15.1 Å². The van der Waals surface area contributed by atoms with E-state index in [0.717, 1.165) is 30.0 Å². The van der Waals surface area contributed by atoms with Gasteiger partial charge in [-0.25, -0.2) is 0 Å². The standard InChI is InChI=1S/C17H23N5O4S/c23-15(20-3-8-24-9-4-20)13-27-17-19-18-16(21-5-10-25-11-6-21)22(17)12-14-2-1-7-26-14/h1-2,7H,3-6,8-13H2. The SMILES string of the molecule is O=C(CSc1nnc(N2CCOCC2)n1Cc1ccco1)N1CCOCC1. The van der Waals surface area contributed by atoms with Gasteiger partial charge in [0.25, 0.3) is 0 Å². The minimum atomic E-state index is 0.101. The van der Waals surface area contributed by atoms with E-state index in [1.54, 1.807) is 6.26 Å². The Kier molecular flexibility index (Phi) is 5.95. The molecule has 1 amide bonds. The number of rotatable bonds is 6. The van der Waals surface area contributed by atoms with E-state index in [1.165, 1.54) is 11.8 Å². The third kappa shape index (κ3) is 4.45. The number of nitrogens with zero attached hydrogens (tertiary/aromatic N) is 5. The lowest BCUT2D eigenvalue weighted by molar-refractivity contribution is -0.132. The van der Waals surface area contributed by atoms with Crippen molar-refractivity contribution in [2.75, 3.05) is 63.3 Å². The highest BCUT2D eigenvalue weighted by Crippen LogP contribution is 2.24. The second kappa shape index (κ2) is 8.77. The molecule has 0 atom stereocenters. The molecule has 0 bridgehead atoms. The predicted octanol–water partition coefficient (Wildman–Crippen LogP) is 0.707. The molecule has 4 rings (SSSR count). The van der Waals surface area contributed by atoms with Crippen LogP contribution in [0.25, 0.3) is 0 Å². The van der Waals surface area contributed by atoms with Crippen LogP contribution in [0.4, 0.5) is 5.95 Å². The summed E-state index contributed by atoms with van der Waals surface area (Å²) >= 11 is 1.41. The number of carbonyl (C=O) groups excluding carboxylic acids is 1. The van der Waals surface area contributed by atoms with Gasteiger partial charge in [-0.15, -0.1) is 10.2 Å². The lowest BCUT2D eigenvalue weighted by Gasteiger charge is -2.28. The van der Waals surface area contributed by atoms with Crippen LogP contribution in [0.3, 0.4) is 0 Å². The van der Waals surface area contributed by atoms with Gasteiger partial charge in [0.1, 0.15) is 5.76 Å². The molecule has 0 saturated carbocycles. The largest absolute Gasteiger partial charge is 0.467 e. The van der Waals surface area contributed by atoms with Crippen LogP contribution in [0.2, 0.25) is 0 Å². The maximum absolute atomic E-state index is 12.5. The number of furan rings is 1. The van der Waals surface area contributed by atoms with Gasteiger partial charge in [0.15, 0.2) is 5.16 Å². The molecule has 146 valence electrons. The molecular weight excluding hydrogens is 370 g/mol. The topological polar surface area (TPSA) is 85.9 Å². The minimum absolute atomic E-state index is 0.101. The lowest BCUT2D eigenvalue weighted by atomic mass is 10.4. The van der Waals surface area contributed by atoms with Crippen molar-refractivity contribution in [1.29, 1.82) is 0 Å². The maximum Gasteiger partial charge on any atom is 0.233 e. The van der Waals surface area contributed by atoms with Crippen molar-refractivity contribution in [3.05, 3.63) is 24.2 Å². The van der Waals surface area contributed by atoms with E-state index in [4.69, 9.17) is 13.9 Å². The van der Waals surface area contributed by atoms with Crippen LogP contribution in [0.5, 0.6) is 0 Å². The van der Waals surface area contributed by atoms with Gasteiger partial charge >= 0.3 is 0 Å². The number of hydrogen-bond donors (Lipinski definition) is 0. The van der Waals surface area contributed by atoms with Crippen LogP contribution in [-0.2, 0) is 20.8 Å². The fourth-order valence-corrected chi connectivity index (χ4v) is 3.95. The molecule has 2 aliphatic rings. The zero-order valence-corrected chi connectivity index (χ0v) is 15.9. The molecule has 9 nitrogen and oxygen atoms in total. The van der Waals surface area contributed by atoms with Crippen molar-refractivity contribution in [1.82, 2.24) is 19.7 Å². The Morgan fingerprint density at radius 2 is 1.81 bits per heavy atom. The summed E-state index contributed by atoms with van der Waals surface area (Å²) in [5.74, 6) is 2.05. The zero-order chi connectivity index (χ0) is 18.5. The molecule has 0 spiro atoms. The molecule has 27 heavy (non-hydrogen) atoms. The Morgan fingerprint density at radius 1 is 1.07 bits per heavy atom. The van der Waals surface area contributed by atoms with Crippen LogP contribution >= 0.6 is 11.8 Å². The number of ether oxygens (including phenoxy) is 2. The summed E-state index contributed by atoms with van der Waals surface area (Å²) in [6, 6.07) is 3.79. The molecule has 0 aromatic carbocycles. The van der Waals surface area contributed by atoms with Crippen molar-refractivity contribution in [3.8, 4) is 0 Å². The Hall–Kier alpha value is -2.04. The van der Waals surface area contributed by atoms with Gasteiger partial charge in [0.05, 0.1) is 45.0 Å². The van der Waals surface area contributed by atoms with Gasteiger partial charge in [-0.2, -0.15) is 0 Å². The lowest BCUT2D eigenvalue weighted by Crippen LogP contribution is -2.41. The first kappa shape index (κ1) is 18.3. The molecule has 2 aromatic heterocycles. The third-order valence-electron chi connectivity index (χ3n) is 4.57. The first-order valence-electron chi connectivity index (χ1n) is 9.08. The second-order valence-corrected chi connectivity index (χ2v) is 7.27. The van der Waals surface area contributed by atoms with E-state index in [0.29, 0.717) is 51.8 Å². The minimum Gasteiger partial charge on any atom is -0.467 e. The highest BCUT2D eigenvalue weighted by Gasteiger charge is 2.23. The summed E-state index contributed by atoms with van der Waals surface area (Å²) in [4.78, 5) is 16.5. The number of hydrogen-bond acceptors (Lipinski definition) is 8. The fraction of sp³-hybridized carbons (Fsp3) is 0.588. The smallest absolute Gasteiger partial charge is 0.233 e. The first-order valence-corrected chi connectivity index (χ1v) is 10.1. The van der Waals surface area contributed by atoms with Crippen molar-refractivity contribution in [2.45, 2.75) is 11.7 Å². The summed E-state index contributed by atoms with van der Waals surface area (Å²) in [5.41, 5.74) is 0. The first-order chi connectivity index (χ1) is 13.3. The van der Waals surface area contributed by atoms with Gasteiger partial charge in [-0.05, 0) is 12.1 Å². The van der Waals surface area contributed by atoms with Gasteiger partial charge < -0.3 is 23.7 Å². The van der Waals surface area contributed by atoms with Gasteiger partial charge in [0.2, 0.25) is 11.9 Å². The average molecular weight is 393 g/mol. The van der Waals surface area contributed by atoms with E-state index >= 15 is 0 Å². The highest BCUT2D eigenvalue weighted by molar-refractivity contribution is 7.99. The molecule has 0 N–H and O–H groups in total. The van der Waals surface area contributed by atoms with Gasteiger partial charge in [-0.1, -0.05) is 11.8 Å². The van der Waals surface area contributed by atoms with Crippen LogP contribution < -0.4 is 4.90 Å². The molecule has 2 saturated heterocycles. The number of aromatic nitrogens is 3. The molecule has 0 unspecified atom stereocenters. The summed E-state index contributed by atoms with van der Waals surface area (Å²) in [5, 5.41) is 9.45. The monoisotopic (exact) mass is 393 g/mol. The molecule has 2 fully saturated rings. The third-order valence-corrected chi connectivity index (χ3v) is 5.53. The number of morpholine rings is 2. The molecule has 2 aliphatic heterocycles. The van der Waals surface area contributed by atoms with E-state index in [9.17, 15) is 4.79 Å². The molecule has 4 heterocycles. The fourth-order valence-electron chi connectivity index (χ4n) is 3.11. The zero-order valence-electron chi connectivity index (χ0n) is 15.1. The van der Waals surface area contributed by atoms with Crippen LogP contribution in [0, 0.1) is 0 Å². The van der Waals surface area contributed by atoms with E-state index < -0.39 is 0 Å². The number of amides is 1. The number of carbonyl (C=O) groups is 1. The van der Waals surface area contributed by atoms with Crippen LogP contribution in [-0.4, -0.2) is 83.9 Å². The van der Waals surface area contributed by atoms with Gasteiger partial charge in [0, 0.05) is 26.2 Å². The second-order valence-electron chi connectivity index (χ2n) is 6.33. The van der Waals surface area contributed by atoms with Crippen molar-refractivity contribution in [3.63, 3.8) is 0 Å². The molecule has 0 radical (unpaired) electrons. The molecule has 2 aromatic rings. The summed E-state index contributed by atoms with van der Waals surface area (Å²) < 4.78 is 18.3. The highest BCUT2D eigenvalue weighted by atomic mass is 32.2. The summed E-state index contributed by atoms with van der Waals surface area (Å²) in [6.45, 7) is 5.92. The average Bonchev–Trinajstić information content (AvgIpc) is 3.38. The summed E-state index contributed by atoms with van der Waals surface area (Å²) in [6.07, 6.45) is 1.66. The quantitative estimate of drug-likeness (QED) is 0.664. The molecule has 10 heteroatoms. The molecule has 0 aliphatic carbocycles. The Morgan fingerprint density at radius 3 is 2.52 bits per heavy atom. The van der Waals surface area contributed by atoms with Gasteiger partial charge in [-0.3, -0.25) is 9.36 Å². The Bertz CT molecular complexity index is 739.